The molecule has 1 aromatic carbocycles. The van der Waals surface area contributed by atoms with Gasteiger partial charge in [0.1, 0.15) is 0 Å². The molecular formula is C17H24ClF3N2O. The molecule has 1 heterocycles. The van der Waals surface area contributed by atoms with Crippen molar-refractivity contribution in [2.75, 3.05) is 26.7 Å². The molecule has 1 aromatic rings. The molecule has 0 spiro atoms. The number of amides is 1. The Morgan fingerprint density at radius 1 is 1.33 bits per heavy atom. The average molecular weight is 365 g/mol. The lowest BCUT2D eigenvalue weighted by Gasteiger charge is -2.33. The predicted molar refractivity (Wildman–Crippen MR) is 90.2 cm³/mol. The molecule has 1 unspecified atom stereocenters. The van der Waals surface area contributed by atoms with E-state index in [0.717, 1.165) is 25.5 Å². The Bertz CT molecular complexity index is 537. The smallest absolute Gasteiger partial charge is 0.341 e. The first-order valence-corrected chi connectivity index (χ1v) is 7.99. The highest BCUT2D eigenvalue weighted by Gasteiger charge is 2.33. The van der Waals surface area contributed by atoms with Crippen LogP contribution >= 0.6 is 12.4 Å². The summed E-state index contributed by atoms with van der Waals surface area (Å²) in [5.74, 6) is 0.332. The summed E-state index contributed by atoms with van der Waals surface area (Å²) in [4.78, 5) is 13.7. The van der Waals surface area contributed by atoms with Crippen LogP contribution in [-0.2, 0) is 17.4 Å². The van der Waals surface area contributed by atoms with Crippen LogP contribution in [0, 0.1) is 5.92 Å². The van der Waals surface area contributed by atoms with Crippen molar-refractivity contribution in [3.05, 3.63) is 35.4 Å². The van der Waals surface area contributed by atoms with Crippen LogP contribution in [0.2, 0.25) is 0 Å². The number of likely N-dealkylation sites (N-methyl/N-ethyl adjacent to an activating group) is 1. The number of benzene rings is 1. The first-order chi connectivity index (χ1) is 10.9. The third kappa shape index (κ3) is 5.67. The molecule has 7 heteroatoms. The number of hydrogen-bond acceptors (Lipinski definition) is 2. The highest BCUT2D eigenvalue weighted by molar-refractivity contribution is 5.85. The van der Waals surface area contributed by atoms with Gasteiger partial charge in [0.2, 0.25) is 5.91 Å². The van der Waals surface area contributed by atoms with E-state index in [4.69, 9.17) is 0 Å². The molecular weight excluding hydrogens is 341 g/mol. The van der Waals surface area contributed by atoms with Crippen molar-refractivity contribution in [1.82, 2.24) is 10.2 Å². The highest BCUT2D eigenvalue weighted by atomic mass is 35.5. The summed E-state index contributed by atoms with van der Waals surface area (Å²) in [6, 6.07) is 5.76. The van der Waals surface area contributed by atoms with Crippen molar-refractivity contribution in [2.24, 2.45) is 5.92 Å². The van der Waals surface area contributed by atoms with E-state index in [9.17, 15) is 18.0 Å². The quantitative estimate of drug-likeness (QED) is 0.867. The minimum Gasteiger partial charge on any atom is -0.341 e. The minimum absolute atomic E-state index is 0. The van der Waals surface area contributed by atoms with Crippen molar-refractivity contribution in [3.63, 3.8) is 0 Å². The lowest BCUT2D eigenvalue weighted by atomic mass is 9.90. The summed E-state index contributed by atoms with van der Waals surface area (Å²) >= 11 is 0. The Morgan fingerprint density at radius 3 is 2.71 bits per heavy atom. The van der Waals surface area contributed by atoms with Crippen LogP contribution in [0.3, 0.4) is 0 Å². The van der Waals surface area contributed by atoms with Gasteiger partial charge in [-0.05, 0) is 50.3 Å². The molecule has 1 atom stereocenters. The van der Waals surface area contributed by atoms with Gasteiger partial charge in [0.15, 0.2) is 0 Å². The maximum Gasteiger partial charge on any atom is 0.416 e. The zero-order valence-corrected chi connectivity index (χ0v) is 14.6. The van der Waals surface area contributed by atoms with E-state index >= 15 is 0 Å². The van der Waals surface area contributed by atoms with Gasteiger partial charge < -0.3 is 10.2 Å². The fourth-order valence-electron chi connectivity index (χ4n) is 3.16. The van der Waals surface area contributed by atoms with Crippen LogP contribution in [0.1, 0.15) is 30.4 Å². The lowest BCUT2D eigenvalue weighted by Crippen LogP contribution is -2.43. The van der Waals surface area contributed by atoms with E-state index in [1.54, 1.807) is 19.2 Å². The molecule has 0 saturated carbocycles. The van der Waals surface area contributed by atoms with Gasteiger partial charge in [-0.2, -0.15) is 13.2 Å². The minimum atomic E-state index is -4.31. The molecule has 0 bridgehead atoms. The van der Waals surface area contributed by atoms with Crippen LogP contribution in [0.25, 0.3) is 0 Å². The predicted octanol–water partition coefficient (Wildman–Crippen LogP) is 3.52. The molecule has 1 N–H and O–H groups in total. The Kier molecular flexibility index (Phi) is 8.03. The van der Waals surface area contributed by atoms with Crippen molar-refractivity contribution in [1.29, 1.82) is 0 Å². The van der Waals surface area contributed by atoms with Gasteiger partial charge in [0.05, 0.1) is 12.1 Å². The van der Waals surface area contributed by atoms with Gasteiger partial charge in [-0.25, -0.2) is 0 Å². The molecule has 136 valence electrons. The number of carbonyl (C=O) groups is 1. The third-order valence-corrected chi connectivity index (χ3v) is 4.34. The van der Waals surface area contributed by atoms with Crippen molar-refractivity contribution < 1.29 is 18.0 Å². The van der Waals surface area contributed by atoms with E-state index in [-0.39, 0.29) is 24.2 Å². The maximum absolute atomic E-state index is 13.0. The van der Waals surface area contributed by atoms with Gasteiger partial charge in [0, 0.05) is 13.1 Å². The monoisotopic (exact) mass is 364 g/mol. The summed E-state index contributed by atoms with van der Waals surface area (Å²) in [5, 5.41) is 2.85. The number of nitrogens with zero attached hydrogens (tertiary/aromatic N) is 1. The second-order valence-corrected chi connectivity index (χ2v) is 6.07. The van der Waals surface area contributed by atoms with Crippen molar-refractivity contribution >= 4 is 18.3 Å². The fraction of sp³-hybridized carbons (Fsp3) is 0.588. The van der Waals surface area contributed by atoms with Crippen molar-refractivity contribution in [3.8, 4) is 0 Å². The molecule has 0 radical (unpaired) electrons. The van der Waals surface area contributed by atoms with Crippen LogP contribution in [0.4, 0.5) is 13.2 Å². The number of halogens is 4. The number of piperidine rings is 1. The van der Waals surface area contributed by atoms with Crippen molar-refractivity contribution in [2.45, 2.75) is 31.9 Å². The molecule has 2 rings (SSSR count). The number of alkyl halides is 3. The molecule has 1 amide bonds. The van der Waals surface area contributed by atoms with Gasteiger partial charge in [-0.1, -0.05) is 18.2 Å². The number of carbonyl (C=O) groups excluding carboxylic acids is 1. The lowest BCUT2D eigenvalue weighted by molar-refractivity contribution is -0.138. The summed E-state index contributed by atoms with van der Waals surface area (Å²) in [6.45, 7) is 1.70. The molecule has 1 aliphatic heterocycles. The second-order valence-electron chi connectivity index (χ2n) is 6.07. The second kappa shape index (κ2) is 9.28. The molecule has 1 aliphatic rings. The average Bonchev–Trinajstić information content (AvgIpc) is 2.53. The molecule has 0 aliphatic carbocycles. The number of rotatable bonds is 5. The molecule has 24 heavy (non-hydrogen) atoms. The standard InChI is InChI=1S/C17H23F3N2O.ClH/c1-21-11-16(23)22-10-4-5-13(12-22)8-9-14-6-2-3-7-15(14)17(18,19)20;/h2-3,6-7,13,21H,4-5,8-12H2,1H3;1H. The van der Waals surface area contributed by atoms with E-state index in [2.05, 4.69) is 5.32 Å². The van der Waals surface area contributed by atoms with E-state index in [1.807, 2.05) is 4.90 Å². The normalized spacial score (nSPS) is 18.2. The topological polar surface area (TPSA) is 32.3 Å². The molecule has 3 nitrogen and oxygen atoms in total. The number of aryl methyl sites for hydroxylation is 1. The Labute approximate surface area is 147 Å². The van der Waals surface area contributed by atoms with Crippen LogP contribution in [0.15, 0.2) is 24.3 Å². The molecule has 1 saturated heterocycles. The first kappa shape index (κ1) is 20.8. The van der Waals surface area contributed by atoms with Crippen LogP contribution in [-0.4, -0.2) is 37.5 Å². The Morgan fingerprint density at radius 2 is 2.04 bits per heavy atom. The first-order valence-electron chi connectivity index (χ1n) is 7.99. The number of nitrogens with one attached hydrogen (secondary N) is 1. The SMILES string of the molecule is CNCC(=O)N1CCCC(CCc2ccccc2C(F)(F)F)C1.Cl. The zero-order chi connectivity index (χ0) is 16.9. The van der Waals surface area contributed by atoms with Gasteiger partial charge in [0.25, 0.3) is 0 Å². The Hall–Kier alpha value is -1.27. The van der Waals surface area contributed by atoms with Crippen LogP contribution in [0.5, 0.6) is 0 Å². The third-order valence-electron chi connectivity index (χ3n) is 4.34. The molecule has 0 aromatic heterocycles. The summed E-state index contributed by atoms with van der Waals surface area (Å²) < 4.78 is 39.0. The van der Waals surface area contributed by atoms with Gasteiger partial charge in [-0.3, -0.25) is 4.79 Å². The zero-order valence-electron chi connectivity index (χ0n) is 13.7. The summed E-state index contributed by atoms with van der Waals surface area (Å²) in [5.41, 5.74) is -0.197. The summed E-state index contributed by atoms with van der Waals surface area (Å²) in [7, 11) is 1.73. The maximum atomic E-state index is 13.0. The number of hydrogen-bond donors (Lipinski definition) is 1. The van der Waals surface area contributed by atoms with E-state index < -0.39 is 11.7 Å². The van der Waals surface area contributed by atoms with E-state index in [1.165, 1.54) is 6.07 Å². The van der Waals surface area contributed by atoms with Crippen LogP contribution < -0.4 is 5.32 Å². The van der Waals surface area contributed by atoms with E-state index in [0.29, 0.717) is 31.5 Å². The van der Waals surface area contributed by atoms with Gasteiger partial charge in [-0.15, -0.1) is 12.4 Å². The van der Waals surface area contributed by atoms with Gasteiger partial charge >= 0.3 is 6.18 Å². The largest absolute Gasteiger partial charge is 0.416 e. The summed E-state index contributed by atoms with van der Waals surface area (Å²) in [6.07, 6.45) is -1.35. The molecule has 1 fully saturated rings. The highest BCUT2D eigenvalue weighted by Crippen LogP contribution is 2.33. The number of likely N-dealkylation sites (tertiary alicyclic amines) is 1. The Balaban J connectivity index is 0.00000288. The fourth-order valence-corrected chi connectivity index (χ4v) is 3.16.